The van der Waals surface area contributed by atoms with Crippen LogP contribution >= 0.6 is 0 Å². The lowest BCUT2D eigenvalue weighted by Crippen LogP contribution is -2.45. The fraction of sp³-hybridized carbons (Fsp3) is 0.476. The Morgan fingerprint density at radius 2 is 1.96 bits per heavy atom. The van der Waals surface area contributed by atoms with Crippen LogP contribution in [0.15, 0.2) is 18.2 Å². The van der Waals surface area contributed by atoms with Crippen molar-refractivity contribution >= 4 is 28.5 Å². The van der Waals surface area contributed by atoms with Gasteiger partial charge in [0.2, 0.25) is 11.8 Å². The molecule has 7 nitrogen and oxygen atoms in total. The van der Waals surface area contributed by atoms with Crippen LogP contribution < -0.4 is 15.8 Å². The molecule has 0 bridgehead atoms. The number of Topliss-reactive ketones (excluding diaryl/α,β-unsaturated/α-hetero) is 1. The van der Waals surface area contributed by atoms with Crippen LogP contribution in [0.25, 0.3) is 10.9 Å². The molecule has 2 rings (SSSR count). The van der Waals surface area contributed by atoms with Gasteiger partial charge in [-0.1, -0.05) is 12.8 Å². The molecular formula is C21H29N3O4. The summed E-state index contributed by atoms with van der Waals surface area (Å²) in [6.07, 6.45) is 3.49. The molecule has 0 aliphatic heterocycles. The molecule has 0 spiro atoms. The number of methoxy groups -OCH3 is 1. The van der Waals surface area contributed by atoms with Gasteiger partial charge < -0.3 is 25.6 Å². The van der Waals surface area contributed by atoms with Crippen LogP contribution in [0, 0.1) is 6.92 Å². The minimum Gasteiger partial charge on any atom is -0.497 e. The van der Waals surface area contributed by atoms with E-state index < -0.39 is 11.9 Å². The number of aromatic amines is 1. The van der Waals surface area contributed by atoms with Crippen molar-refractivity contribution in [2.45, 2.75) is 58.4 Å². The number of amides is 2. The van der Waals surface area contributed by atoms with Gasteiger partial charge in [0.1, 0.15) is 17.6 Å². The maximum atomic E-state index is 12.5. The Morgan fingerprint density at radius 3 is 2.61 bits per heavy atom. The third-order valence-electron chi connectivity index (χ3n) is 4.86. The van der Waals surface area contributed by atoms with Crippen molar-refractivity contribution in [3.8, 4) is 5.75 Å². The lowest BCUT2D eigenvalue weighted by molar-refractivity contribution is -0.127. The first kappa shape index (κ1) is 21.5. The number of hydrogen-bond acceptors (Lipinski definition) is 4. The number of rotatable bonds is 11. The molecule has 0 radical (unpaired) electrons. The maximum Gasteiger partial charge on any atom is 0.239 e. The number of aryl methyl sites for hydroxylation is 1. The Labute approximate surface area is 165 Å². The molecule has 2 amide bonds. The van der Waals surface area contributed by atoms with E-state index in [2.05, 4.69) is 10.3 Å². The molecule has 152 valence electrons. The molecule has 0 saturated carbocycles. The maximum absolute atomic E-state index is 12.5. The first-order chi connectivity index (χ1) is 13.3. The van der Waals surface area contributed by atoms with Crippen LogP contribution in [0.4, 0.5) is 0 Å². The van der Waals surface area contributed by atoms with E-state index in [1.54, 1.807) is 14.0 Å². The Bertz CT molecular complexity index is 857. The lowest BCUT2D eigenvalue weighted by atomic mass is 10.0. The van der Waals surface area contributed by atoms with Crippen LogP contribution in [0.1, 0.15) is 50.3 Å². The van der Waals surface area contributed by atoms with Gasteiger partial charge in [-0.2, -0.15) is 0 Å². The van der Waals surface area contributed by atoms with Gasteiger partial charge in [-0.3, -0.25) is 9.59 Å². The number of ether oxygens (including phenoxy) is 1. The molecule has 1 atom stereocenters. The molecule has 1 aromatic carbocycles. The number of H-pyrrole nitrogens is 1. The van der Waals surface area contributed by atoms with E-state index in [1.807, 2.05) is 25.1 Å². The summed E-state index contributed by atoms with van der Waals surface area (Å²) in [6, 6.07) is 4.96. The van der Waals surface area contributed by atoms with E-state index in [4.69, 9.17) is 10.5 Å². The summed E-state index contributed by atoms with van der Waals surface area (Å²) in [4.78, 5) is 38.5. The standard InChI is InChI=1S/C21H29N3O4/c1-13(25)7-5-4-6-8-19(21(22)27)24-20(26)12-16-14(2)23-18-10-9-15(28-3)11-17(16)18/h9-11,19,23H,4-8,12H2,1-3H3,(H2,22,27)(H,24,26). The van der Waals surface area contributed by atoms with E-state index in [0.717, 1.165) is 41.4 Å². The number of unbranched alkanes of at least 4 members (excludes halogenated alkanes) is 2. The average molecular weight is 387 g/mol. The SMILES string of the molecule is COc1ccc2[nH]c(C)c(CC(=O)NC(CCCCCC(C)=O)C(N)=O)c2c1. The number of hydrogen-bond donors (Lipinski definition) is 3. The van der Waals surface area contributed by atoms with Crippen molar-refractivity contribution in [3.05, 3.63) is 29.5 Å². The zero-order chi connectivity index (χ0) is 20.7. The molecule has 2 aromatic rings. The number of ketones is 1. The predicted octanol–water partition coefficient (Wildman–Crippen LogP) is 2.54. The van der Waals surface area contributed by atoms with E-state index in [0.29, 0.717) is 18.6 Å². The molecule has 1 unspecified atom stereocenters. The van der Waals surface area contributed by atoms with Gasteiger partial charge in [0.15, 0.2) is 0 Å². The molecule has 4 N–H and O–H groups in total. The summed E-state index contributed by atoms with van der Waals surface area (Å²) in [5, 5.41) is 3.67. The van der Waals surface area contributed by atoms with E-state index in [1.165, 1.54) is 0 Å². The summed E-state index contributed by atoms with van der Waals surface area (Å²) in [7, 11) is 1.60. The van der Waals surface area contributed by atoms with Gasteiger partial charge in [-0.15, -0.1) is 0 Å². The van der Waals surface area contributed by atoms with Crippen molar-refractivity contribution in [2.24, 2.45) is 5.73 Å². The van der Waals surface area contributed by atoms with E-state index >= 15 is 0 Å². The van der Waals surface area contributed by atoms with Gasteiger partial charge in [0.05, 0.1) is 13.5 Å². The fourth-order valence-corrected chi connectivity index (χ4v) is 3.31. The predicted molar refractivity (Wildman–Crippen MR) is 108 cm³/mol. The molecule has 0 aliphatic rings. The molecule has 1 aromatic heterocycles. The topological polar surface area (TPSA) is 114 Å². The monoisotopic (exact) mass is 387 g/mol. The van der Waals surface area contributed by atoms with Gasteiger partial charge in [0.25, 0.3) is 0 Å². The summed E-state index contributed by atoms with van der Waals surface area (Å²) in [5.41, 5.74) is 8.15. The van der Waals surface area contributed by atoms with E-state index in [-0.39, 0.29) is 18.1 Å². The minimum absolute atomic E-state index is 0.146. The molecule has 7 heteroatoms. The van der Waals surface area contributed by atoms with Gasteiger partial charge in [-0.25, -0.2) is 0 Å². The van der Waals surface area contributed by atoms with Crippen LogP contribution in [-0.4, -0.2) is 35.7 Å². The third kappa shape index (κ3) is 5.84. The van der Waals surface area contributed by atoms with Crippen molar-refractivity contribution in [2.75, 3.05) is 7.11 Å². The highest BCUT2D eigenvalue weighted by molar-refractivity contribution is 5.92. The molecule has 0 saturated heterocycles. The number of nitrogens with one attached hydrogen (secondary N) is 2. The Kier molecular flexibility index (Phi) is 7.61. The summed E-state index contributed by atoms with van der Waals surface area (Å²) in [6.45, 7) is 3.48. The third-order valence-corrected chi connectivity index (χ3v) is 4.86. The van der Waals surface area contributed by atoms with Crippen molar-refractivity contribution in [1.29, 1.82) is 0 Å². The molecular weight excluding hydrogens is 358 g/mol. The number of aromatic nitrogens is 1. The normalized spacial score (nSPS) is 12.0. The lowest BCUT2D eigenvalue weighted by Gasteiger charge is -2.15. The highest BCUT2D eigenvalue weighted by Crippen LogP contribution is 2.26. The van der Waals surface area contributed by atoms with Gasteiger partial charge in [-0.05, 0) is 50.5 Å². The summed E-state index contributed by atoms with van der Waals surface area (Å²) in [5.74, 6) is 0.0795. The largest absolute Gasteiger partial charge is 0.497 e. The molecule has 0 aliphatic carbocycles. The number of carbonyl (C=O) groups is 3. The van der Waals surface area contributed by atoms with Crippen molar-refractivity contribution in [3.63, 3.8) is 0 Å². The van der Waals surface area contributed by atoms with Gasteiger partial charge in [0, 0.05) is 23.0 Å². The van der Waals surface area contributed by atoms with Crippen molar-refractivity contribution < 1.29 is 19.1 Å². The summed E-state index contributed by atoms with van der Waals surface area (Å²) >= 11 is 0. The smallest absolute Gasteiger partial charge is 0.239 e. The van der Waals surface area contributed by atoms with E-state index in [9.17, 15) is 14.4 Å². The Hall–Kier alpha value is -2.83. The second-order valence-corrected chi connectivity index (χ2v) is 7.14. The van der Waals surface area contributed by atoms with Crippen LogP contribution in [0.3, 0.4) is 0 Å². The van der Waals surface area contributed by atoms with Crippen LogP contribution in [-0.2, 0) is 20.8 Å². The number of benzene rings is 1. The van der Waals surface area contributed by atoms with Gasteiger partial charge >= 0.3 is 0 Å². The zero-order valence-electron chi connectivity index (χ0n) is 16.8. The number of fused-ring (bicyclic) bond motifs is 1. The first-order valence-corrected chi connectivity index (χ1v) is 9.55. The fourth-order valence-electron chi connectivity index (χ4n) is 3.31. The second kappa shape index (κ2) is 9.92. The average Bonchev–Trinajstić information content (AvgIpc) is 2.94. The molecule has 1 heterocycles. The Morgan fingerprint density at radius 1 is 1.21 bits per heavy atom. The second-order valence-electron chi connectivity index (χ2n) is 7.14. The molecule has 0 fully saturated rings. The summed E-state index contributed by atoms with van der Waals surface area (Å²) < 4.78 is 5.27. The number of nitrogens with two attached hydrogens (primary N) is 1. The highest BCUT2D eigenvalue weighted by Gasteiger charge is 2.20. The Balaban J connectivity index is 1.99. The number of primary amides is 1. The van der Waals surface area contributed by atoms with Crippen molar-refractivity contribution in [1.82, 2.24) is 10.3 Å². The quantitative estimate of drug-likeness (QED) is 0.514. The molecule has 28 heavy (non-hydrogen) atoms. The minimum atomic E-state index is -0.704. The highest BCUT2D eigenvalue weighted by atomic mass is 16.5. The van der Waals surface area contributed by atoms with Crippen LogP contribution in [0.5, 0.6) is 5.75 Å². The zero-order valence-corrected chi connectivity index (χ0v) is 16.8. The first-order valence-electron chi connectivity index (χ1n) is 9.55. The van der Waals surface area contributed by atoms with Crippen LogP contribution in [0.2, 0.25) is 0 Å². The number of carbonyl (C=O) groups excluding carboxylic acids is 3.